The van der Waals surface area contributed by atoms with Crippen molar-refractivity contribution in [1.29, 1.82) is 0 Å². The predicted octanol–water partition coefficient (Wildman–Crippen LogP) is 9.99. The number of hydrogen-bond acceptors (Lipinski definition) is 2. The maximum atomic E-state index is 6.16. The first kappa shape index (κ1) is 32.1. The Morgan fingerprint density at radius 1 is 0.275 bits per heavy atom. The summed E-state index contributed by atoms with van der Waals surface area (Å²) in [6, 6.07) is 80.4. The molecule has 0 radical (unpaired) electrons. The molecule has 0 heterocycles. The summed E-state index contributed by atoms with van der Waals surface area (Å²) in [6.45, 7) is 0. The van der Waals surface area contributed by atoms with Crippen LogP contribution in [0.1, 0.15) is 0 Å². The van der Waals surface area contributed by atoms with Crippen LogP contribution in [0.3, 0.4) is 0 Å². The average Bonchev–Trinajstić information content (AvgIpc) is 3.22. The fraction of sp³-hybridized carbons (Fsp3) is 0. The first-order valence-electron chi connectivity index (χ1n) is 17.3. The van der Waals surface area contributed by atoms with Gasteiger partial charge in [-0.25, -0.2) is 0 Å². The van der Waals surface area contributed by atoms with E-state index in [4.69, 9.17) is 4.74 Å². The number of benzene rings is 8. The first-order valence-corrected chi connectivity index (χ1v) is 21.5. The maximum absolute atomic E-state index is 6.16. The minimum atomic E-state index is -3.39. The normalized spacial score (nSPS) is 11.1. The number of nitrogens with zero attached hydrogens (tertiary/aromatic N) is 1. The Morgan fingerprint density at radius 2 is 0.588 bits per heavy atom. The van der Waals surface area contributed by atoms with Gasteiger partial charge in [-0.2, -0.15) is 0 Å². The Bertz CT molecular complexity index is 2180. The van der Waals surface area contributed by atoms with E-state index < -0.39 is 13.3 Å². The summed E-state index contributed by atoms with van der Waals surface area (Å²) in [5.41, 5.74) is 5.62. The SMILES string of the molecule is c1ccc(Oc2ccc(N(c3ccc(-c4ccccc4)cc3)c3cc[c]([Ge]([c]4ccccc4)([c]4ccccc4)[c]4ccccc4)cc3)cc2)cc1. The van der Waals surface area contributed by atoms with Gasteiger partial charge in [-0.15, -0.1) is 0 Å². The molecule has 0 aliphatic carbocycles. The van der Waals surface area contributed by atoms with Crippen molar-refractivity contribution >= 4 is 47.9 Å². The molecule has 0 aliphatic rings. The molecule has 0 spiro atoms. The second kappa shape index (κ2) is 14.8. The third-order valence-electron chi connectivity index (χ3n) is 9.49. The van der Waals surface area contributed by atoms with Gasteiger partial charge in [-0.1, -0.05) is 24.3 Å². The molecule has 244 valence electrons. The summed E-state index contributed by atoms with van der Waals surface area (Å²) in [7, 11) is 0. The monoisotopic (exact) mass is 717 g/mol. The zero-order valence-electron chi connectivity index (χ0n) is 28.2. The number of rotatable bonds is 10. The van der Waals surface area contributed by atoms with Crippen molar-refractivity contribution in [3.8, 4) is 22.6 Å². The van der Waals surface area contributed by atoms with Crippen LogP contribution in [0.15, 0.2) is 224 Å². The zero-order chi connectivity index (χ0) is 34.3. The molecule has 0 saturated heterocycles. The van der Waals surface area contributed by atoms with Crippen LogP contribution in [-0.2, 0) is 0 Å². The molecular formula is C48H37GeNO. The quantitative estimate of drug-likeness (QED) is 0.131. The van der Waals surface area contributed by atoms with Crippen LogP contribution in [0.5, 0.6) is 11.5 Å². The third kappa shape index (κ3) is 6.62. The molecule has 0 fully saturated rings. The van der Waals surface area contributed by atoms with Crippen molar-refractivity contribution in [3.63, 3.8) is 0 Å². The van der Waals surface area contributed by atoms with Gasteiger partial charge in [0.25, 0.3) is 0 Å². The van der Waals surface area contributed by atoms with Crippen molar-refractivity contribution in [2.24, 2.45) is 0 Å². The van der Waals surface area contributed by atoms with Gasteiger partial charge in [-0.05, 0) is 0 Å². The second-order valence-corrected chi connectivity index (χ2v) is 20.5. The van der Waals surface area contributed by atoms with Crippen molar-refractivity contribution in [2.45, 2.75) is 0 Å². The molecule has 0 aliphatic heterocycles. The summed E-state index contributed by atoms with van der Waals surface area (Å²) >= 11 is -3.39. The van der Waals surface area contributed by atoms with Gasteiger partial charge in [0.05, 0.1) is 0 Å². The Labute approximate surface area is 303 Å². The van der Waals surface area contributed by atoms with Crippen LogP contribution in [0.4, 0.5) is 17.1 Å². The van der Waals surface area contributed by atoms with Crippen LogP contribution < -0.4 is 27.2 Å². The topological polar surface area (TPSA) is 12.5 Å². The minimum Gasteiger partial charge on any atom is -0.0586 e. The summed E-state index contributed by atoms with van der Waals surface area (Å²) in [5, 5.41) is 0. The molecule has 8 aromatic rings. The molecule has 8 aromatic carbocycles. The van der Waals surface area contributed by atoms with Gasteiger partial charge in [-0.3, -0.25) is 0 Å². The van der Waals surface area contributed by atoms with Crippen LogP contribution in [0.2, 0.25) is 0 Å². The molecule has 8 rings (SSSR count). The molecule has 0 saturated carbocycles. The van der Waals surface area contributed by atoms with E-state index in [1.54, 1.807) is 0 Å². The van der Waals surface area contributed by atoms with Crippen molar-refractivity contribution in [1.82, 2.24) is 0 Å². The van der Waals surface area contributed by atoms with Gasteiger partial charge in [0, 0.05) is 0 Å². The van der Waals surface area contributed by atoms with E-state index in [1.807, 2.05) is 42.5 Å². The van der Waals surface area contributed by atoms with Crippen LogP contribution >= 0.6 is 0 Å². The first-order chi connectivity index (χ1) is 25.3. The van der Waals surface area contributed by atoms with Crippen LogP contribution in [-0.4, -0.2) is 13.3 Å². The molecule has 3 heteroatoms. The number of hydrogen-bond donors (Lipinski definition) is 0. The minimum absolute atomic E-state index is 0.797. The standard InChI is InChI=1S/C48H37GeNO/c1-6-16-38(17-7-1)39-26-30-44(31-27-39)50(46-34-36-48(37-35-46)51-47-24-14-5-15-25-47)45-32-28-43(29-33-45)49(40-18-8-2-9-19-40,41-20-10-3-11-21-41)42-22-12-4-13-23-42/h1-37H. The molecule has 51 heavy (non-hydrogen) atoms. The van der Waals surface area contributed by atoms with E-state index >= 15 is 0 Å². The molecule has 2 nitrogen and oxygen atoms in total. The van der Waals surface area contributed by atoms with E-state index in [-0.39, 0.29) is 0 Å². The van der Waals surface area contributed by atoms with E-state index in [1.165, 1.54) is 28.7 Å². The van der Waals surface area contributed by atoms with Gasteiger partial charge in [0.2, 0.25) is 0 Å². The summed E-state index contributed by atoms with van der Waals surface area (Å²) < 4.78 is 11.8. The molecule has 0 aromatic heterocycles. The molecular weight excluding hydrogens is 679 g/mol. The smallest absolute Gasteiger partial charge is 0.0586 e. The Kier molecular flexibility index (Phi) is 9.32. The van der Waals surface area contributed by atoms with Gasteiger partial charge < -0.3 is 0 Å². The van der Waals surface area contributed by atoms with Crippen molar-refractivity contribution in [2.75, 3.05) is 4.90 Å². The third-order valence-corrected chi connectivity index (χ3v) is 19.6. The molecule has 0 unspecified atom stereocenters. The van der Waals surface area contributed by atoms with Crippen LogP contribution in [0.25, 0.3) is 11.1 Å². The van der Waals surface area contributed by atoms with E-state index in [0.29, 0.717) is 0 Å². The van der Waals surface area contributed by atoms with Gasteiger partial charge >= 0.3 is 280 Å². The summed E-state index contributed by atoms with van der Waals surface area (Å²) in [4.78, 5) is 2.33. The van der Waals surface area contributed by atoms with Crippen molar-refractivity contribution < 1.29 is 4.74 Å². The Morgan fingerprint density at radius 3 is 1.04 bits per heavy atom. The average molecular weight is 716 g/mol. The summed E-state index contributed by atoms with van der Waals surface area (Å²) in [6.07, 6.45) is 0. The van der Waals surface area contributed by atoms with E-state index in [9.17, 15) is 0 Å². The number of ether oxygens (including phenoxy) is 1. The van der Waals surface area contributed by atoms with E-state index in [2.05, 4.69) is 187 Å². The molecule has 0 N–H and O–H groups in total. The predicted molar refractivity (Wildman–Crippen MR) is 217 cm³/mol. The fourth-order valence-corrected chi connectivity index (χ4v) is 17.0. The van der Waals surface area contributed by atoms with Crippen molar-refractivity contribution in [3.05, 3.63) is 224 Å². The second-order valence-electron chi connectivity index (χ2n) is 12.6. The number of anilines is 3. The summed E-state index contributed by atoms with van der Waals surface area (Å²) in [5.74, 6) is 1.62. The molecule has 0 bridgehead atoms. The van der Waals surface area contributed by atoms with Gasteiger partial charge in [0.1, 0.15) is 0 Å². The van der Waals surface area contributed by atoms with Gasteiger partial charge in [0.15, 0.2) is 0 Å². The van der Waals surface area contributed by atoms with E-state index in [0.717, 1.165) is 28.6 Å². The van der Waals surface area contributed by atoms with Crippen LogP contribution in [0, 0.1) is 0 Å². The molecule has 0 amide bonds. The Hall–Kier alpha value is -6.10. The fourth-order valence-electron chi connectivity index (χ4n) is 7.09. The molecule has 0 atom stereocenters. The Balaban J connectivity index is 1.24. The number of para-hydroxylation sites is 1. The zero-order valence-corrected chi connectivity index (χ0v) is 30.3.